The summed E-state index contributed by atoms with van der Waals surface area (Å²) < 4.78 is 3.96. The number of nitroso groups, excluding NO2 is 2. The van der Waals surface area contributed by atoms with Crippen LogP contribution in [0.2, 0.25) is 0 Å². The molecule has 2 aromatic rings. The quantitative estimate of drug-likeness (QED) is 0.579. The van der Waals surface area contributed by atoms with E-state index in [0.29, 0.717) is 6.67 Å². The Bertz CT molecular complexity index is 500. The average molecular weight is 258 g/mol. The zero-order valence-corrected chi connectivity index (χ0v) is 10.3. The van der Waals surface area contributed by atoms with E-state index in [1.807, 2.05) is 58.2 Å². The molecule has 0 atom stereocenters. The Kier molecular flexibility index (Phi) is 4.39. The minimum atomic E-state index is 0.196. The number of aromatic nitrogens is 2. The highest BCUT2D eigenvalue weighted by atomic mass is 16.3. The maximum Gasteiger partial charge on any atom is 0.343 e. The molecule has 6 heteroatoms. The predicted molar refractivity (Wildman–Crippen MR) is 67.7 cm³/mol. The van der Waals surface area contributed by atoms with Crippen LogP contribution in [-0.4, -0.2) is 0 Å². The summed E-state index contributed by atoms with van der Waals surface area (Å²) in [7, 11) is 0. The van der Waals surface area contributed by atoms with Gasteiger partial charge < -0.3 is 0 Å². The normalized spacial score (nSPS) is 10.1. The molecule has 2 heterocycles. The van der Waals surface area contributed by atoms with E-state index in [1.165, 1.54) is 0 Å². The molecule has 0 unspecified atom stereocenters. The Morgan fingerprint density at radius 1 is 0.737 bits per heavy atom. The van der Waals surface area contributed by atoms with Gasteiger partial charge in [-0.1, -0.05) is 10.4 Å². The molecule has 0 aliphatic heterocycles. The Morgan fingerprint density at radius 2 is 1.11 bits per heavy atom. The molecule has 2 rings (SSSR count). The van der Waals surface area contributed by atoms with Crippen LogP contribution in [0.1, 0.15) is 11.1 Å². The van der Waals surface area contributed by atoms with Crippen molar-refractivity contribution < 1.29 is 9.13 Å². The van der Waals surface area contributed by atoms with Crippen molar-refractivity contribution in [2.24, 2.45) is 10.4 Å². The summed E-state index contributed by atoms with van der Waals surface area (Å²) in [5.74, 6) is 0. The molecule has 0 saturated carbocycles. The minimum absolute atomic E-state index is 0.196. The van der Waals surface area contributed by atoms with Gasteiger partial charge in [0.1, 0.15) is 13.1 Å². The van der Waals surface area contributed by atoms with Crippen molar-refractivity contribution in [3.8, 4) is 0 Å². The van der Waals surface area contributed by atoms with Crippen LogP contribution in [0.4, 0.5) is 0 Å². The fraction of sp³-hybridized carbons (Fsp3) is 0.231. The molecule has 0 spiro atoms. The molecular weight excluding hydrogens is 244 g/mol. The second-order valence-corrected chi connectivity index (χ2v) is 4.16. The maximum atomic E-state index is 10.1. The number of pyridine rings is 2. The van der Waals surface area contributed by atoms with Gasteiger partial charge in [-0.15, -0.1) is 9.13 Å². The summed E-state index contributed by atoms with van der Waals surface area (Å²) in [6.07, 6.45) is 7.59. The lowest BCUT2D eigenvalue weighted by molar-refractivity contribution is -0.913. The fourth-order valence-electron chi connectivity index (χ4n) is 1.71. The molecule has 2 aromatic heterocycles. The summed E-state index contributed by atoms with van der Waals surface area (Å²) >= 11 is 0. The molecule has 96 valence electrons. The van der Waals surface area contributed by atoms with Crippen LogP contribution in [0.5, 0.6) is 0 Å². The van der Waals surface area contributed by atoms with Gasteiger partial charge in [-0.25, -0.2) is 0 Å². The first-order chi connectivity index (χ1) is 9.31. The molecule has 0 amide bonds. The van der Waals surface area contributed by atoms with Crippen LogP contribution >= 0.6 is 0 Å². The largest absolute Gasteiger partial charge is 0.343 e. The Hall–Kier alpha value is -2.50. The third kappa shape index (κ3) is 3.74. The van der Waals surface area contributed by atoms with Crippen LogP contribution in [0.25, 0.3) is 0 Å². The summed E-state index contributed by atoms with van der Waals surface area (Å²) in [6, 6.07) is 7.47. The Morgan fingerprint density at radius 3 is 1.42 bits per heavy atom. The molecule has 0 aromatic carbocycles. The monoisotopic (exact) mass is 258 g/mol. The van der Waals surface area contributed by atoms with Crippen LogP contribution < -0.4 is 9.13 Å². The van der Waals surface area contributed by atoms with E-state index < -0.39 is 0 Å². The van der Waals surface area contributed by atoms with Crippen molar-refractivity contribution in [2.45, 2.75) is 19.8 Å². The first-order valence-electron chi connectivity index (χ1n) is 5.86. The second-order valence-electron chi connectivity index (χ2n) is 4.16. The van der Waals surface area contributed by atoms with E-state index in [0.717, 1.165) is 11.1 Å². The Balaban J connectivity index is 2.03. The molecule has 0 radical (unpaired) electrons. The smallest absolute Gasteiger partial charge is 0.150 e. The molecule has 0 saturated heterocycles. The van der Waals surface area contributed by atoms with Crippen LogP contribution in [0, 0.1) is 9.81 Å². The van der Waals surface area contributed by atoms with E-state index in [1.54, 1.807) is 0 Å². The molecule has 0 fully saturated rings. The van der Waals surface area contributed by atoms with E-state index in [-0.39, 0.29) is 13.1 Å². The third-order valence-electron chi connectivity index (χ3n) is 2.74. The summed E-state index contributed by atoms with van der Waals surface area (Å²) in [4.78, 5) is 20.3. The van der Waals surface area contributed by atoms with E-state index in [2.05, 4.69) is 10.4 Å². The predicted octanol–water partition coefficient (Wildman–Crippen LogP) is 1.30. The van der Waals surface area contributed by atoms with Crippen LogP contribution in [0.3, 0.4) is 0 Å². The topological polar surface area (TPSA) is 66.6 Å². The molecule has 0 bridgehead atoms. The van der Waals surface area contributed by atoms with E-state index in [4.69, 9.17) is 0 Å². The van der Waals surface area contributed by atoms with Gasteiger partial charge in [0, 0.05) is 24.3 Å². The van der Waals surface area contributed by atoms with Gasteiger partial charge in [0.2, 0.25) is 0 Å². The molecule has 19 heavy (non-hydrogen) atoms. The highest BCUT2D eigenvalue weighted by Gasteiger charge is 2.07. The van der Waals surface area contributed by atoms with Gasteiger partial charge in [0.05, 0.1) is 0 Å². The van der Waals surface area contributed by atoms with Crippen molar-refractivity contribution in [2.75, 3.05) is 0 Å². The first kappa shape index (κ1) is 12.9. The fourth-order valence-corrected chi connectivity index (χ4v) is 1.71. The summed E-state index contributed by atoms with van der Waals surface area (Å²) in [5, 5.41) is 5.70. The van der Waals surface area contributed by atoms with E-state index in [9.17, 15) is 9.81 Å². The van der Waals surface area contributed by atoms with Gasteiger partial charge in [0.15, 0.2) is 24.8 Å². The first-order valence-corrected chi connectivity index (χ1v) is 5.86. The van der Waals surface area contributed by atoms with Gasteiger partial charge in [0.25, 0.3) is 0 Å². The van der Waals surface area contributed by atoms with Crippen molar-refractivity contribution in [3.05, 3.63) is 70.0 Å². The van der Waals surface area contributed by atoms with Crippen LogP contribution in [-0.2, 0) is 19.8 Å². The van der Waals surface area contributed by atoms with Crippen molar-refractivity contribution in [3.63, 3.8) is 0 Å². The second kappa shape index (κ2) is 6.44. The van der Waals surface area contributed by atoms with Crippen molar-refractivity contribution >= 4 is 0 Å². The summed E-state index contributed by atoms with van der Waals surface area (Å²) in [5.41, 5.74) is 1.78. The number of rotatable bonds is 6. The van der Waals surface area contributed by atoms with Crippen molar-refractivity contribution in [1.82, 2.24) is 0 Å². The minimum Gasteiger partial charge on any atom is -0.150 e. The molecule has 0 aliphatic rings. The van der Waals surface area contributed by atoms with Gasteiger partial charge in [-0.05, 0) is 11.1 Å². The zero-order valence-electron chi connectivity index (χ0n) is 10.3. The maximum absolute atomic E-state index is 10.1. The standard InChI is InChI=1S/C13H14N4O2/c18-14-9-12-1-5-16(6-2-12)11-17-7-3-13(4-8-17)10-15-19/h1-8H,9-11H2/q+2. The SMILES string of the molecule is O=NCc1cc[n+](C[n+]2ccc(CN=O)cc2)cc1. The van der Waals surface area contributed by atoms with Gasteiger partial charge in [-0.2, -0.15) is 9.81 Å². The number of nitrogens with zero attached hydrogens (tertiary/aromatic N) is 4. The summed E-state index contributed by atoms with van der Waals surface area (Å²) in [6.45, 7) is 1.05. The highest BCUT2D eigenvalue weighted by Crippen LogP contribution is 1.97. The third-order valence-corrected chi connectivity index (χ3v) is 2.74. The van der Waals surface area contributed by atoms with Gasteiger partial charge in [-0.3, -0.25) is 0 Å². The zero-order chi connectivity index (χ0) is 13.5. The number of hydrogen-bond acceptors (Lipinski definition) is 4. The molecule has 0 N–H and O–H groups in total. The lowest BCUT2D eigenvalue weighted by atomic mass is 10.3. The molecule has 6 nitrogen and oxygen atoms in total. The lowest BCUT2D eigenvalue weighted by Crippen LogP contribution is -2.50. The van der Waals surface area contributed by atoms with Crippen LogP contribution in [0.15, 0.2) is 59.4 Å². The van der Waals surface area contributed by atoms with Gasteiger partial charge >= 0.3 is 6.67 Å². The van der Waals surface area contributed by atoms with Crippen molar-refractivity contribution in [1.29, 1.82) is 0 Å². The average Bonchev–Trinajstić information content (AvgIpc) is 2.44. The Labute approximate surface area is 110 Å². The lowest BCUT2D eigenvalue weighted by Gasteiger charge is -1.96. The highest BCUT2D eigenvalue weighted by molar-refractivity contribution is 5.07. The molecule has 0 aliphatic carbocycles. The number of hydrogen-bond donors (Lipinski definition) is 0. The molecular formula is C13H14N4O2+2. The van der Waals surface area contributed by atoms with E-state index >= 15 is 0 Å².